The molecule has 122 valence electrons. The molecule has 9 heteroatoms. The minimum atomic E-state index is 0.390. The summed E-state index contributed by atoms with van der Waals surface area (Å²) in [4.78, 5) is 0. The van der Waals surface area contributed by atoms with E-state index in [1.54, 1.807) is 29.1 Å². The normalized spacial score (nSPS) is 13.8. The minimum absolute atomic E-state index is 0.390. The van der Waals surface area contributed by atoms with Gasteiger partial charge in [-0.05, 0) is 43.6 Å². The minimum Gasteiger partial charge on any atom is -0.282 e. The third-order valence-corrected chi connectivity index (χ3v) is 4.77. The molecule has 0 aliphatic heterocycles. The molecule has 2 N–H and O–H groups in total. The van der Waals surface area contributed by atoms with E-state index in [1.165, 1.54) is 5.56 Å². The third-order valence-electron chi connectivity index (χ3n) is 3.94. The number of H-pyrrole nitrogens is 2. The highest BCUT2D eigenvalue weighted by atomic mass is 35.5. The average molecular weight is 379 g/mol. The Hall–Kier alpha value is -1.96. The second-order valence-electron chi connectivity index (χ2n) is 5.46. The van der Waals surface area contributed by atoms with Gasteiger partial charge in [0.05, 0.1) is 11.2 Å². The molecule has 0 atom stereocenters. The van der Waals surface area contributed by atoms with Crippen LogP contribution in [0.1, 0.15) is 23.2 Å². The second kappa shape index (κ2) is 6.16. The van der Waals surface area contributed by atoms with Gasteiger partial charge >= 0.3 is 0 Å². The maximum atomic E-state index is 6.17. The van der Waals surface area contributed by atoms with Crippen molar-refractivity contribution in [3.05, 3.63) is 49.8 Å². The Bertz CT molecular complexity index is 1000. The van der Waals surface area contributed by atoms with Crippen LogP contribution in [0, 0.1) is 4.77 Å². The van der Waals surface area contributed by atoms with E-state index >= 15 is 0 Å². The summed E-state index contributed by atoms with van der Waals surface area (Å²) in [6.45, 7) is 0. The summed E-state index contributed by atoms with van der Waals surface area (Å²) < 4.78 is 1.94. The number of hydrogen-bond acceptors (Lipinski definition) is 4. The van der Waals surface area contributed by atoms with Crippen LogP contribution in [-0.4, -0.2) is 31.3 Å². The van der Waals surface area contributed by atoms with Crippen molar-refractivity contribution in [2.24, 2.45) is 5.10 Å². The SMILES string of the molecule is S=c1[nH]nc(-c2n[nH]c3c2CCC3)n1/N=C/c1ccc(Cl)cc1Cl. The Labute approximate surface area is 152 Å². The molecule has 1 aromatic carbocycles. The fourth-order valence-electron chi connectivity index (χ4n) is 2.78. The van der Waals surface area contributed by atoms with Gasteiger partial charge in [0, 0.05) is 21.8 Å². The number of nitrogens with zero attached hydrogens (tertiary/aromatic N) is 4. The molecule has 0 bridgehead atoms. The van der Waals surface area contributed by atoms with Crippen LogP contribution in [-0.2, 0) is 12.8 Å². The zero-order chi connectivity index (χ0) is 16.7. The molecule has 2 aromatic heterocycles. The first-order valence-corrected chi connectivity index (χ1v) is 8.53. The van der Waals surface area contributed by atoms with Gasteiger partial charge < -0.3 is 0 Å². The average Bonchev–Trinajstić information content (AvgIpc) is 3.23. The van der Waals surface area contributed by atoms with Crippen LogP contribution in [0.5, 0.6) is 0 Å². The Balaban J connectivity index is 1.75. The van der Waals surface area contributed by atoms with Crippen molar-refractivity contribution in [3.8, 4) is 11.5 Å². The van der Waals surface area contributed by atoms with E-state index in [2.05, 4.69) is 25.5 Å². The first kappa shape index (κ1) is 15.6. The number of halogens is 2. The standard InChI is InChI=1S/C15H12Cl2N6S/c16-9-5-4-8(11(17)6-9)7-18-23-14(21-22-15(23)24)13-10-2-1-3-12(10)19-20-13/h4-7H,1-3H2,(H,19,20)(H,22,24)/b18-7+. The van der Waals surface area contributed by atoms with E-state index in [0.29, 0.717) is 20.6 Å². The van der Waals surface area contributed by atoms with E-state index in [-0.39, 0.29) is 0 Å². The summed E-state index contributed by atoms with van der Waals surface area (Å²) in [6, 6.07) is 5.22. The number of rotatable bonds is 3. The molecular formula is C15H12Cl2N6S. The van der Waals surface area contributed by atoms with Crippen molar-refractivity contribution in [2.45, 2.75) is 19.3 Å². The van der Waals surface area contributed by atoms with Crippen molar-refractivity contribution < 1.29 is 0 Å². The van der Waals surface area contributed by atoms with Crippen molar-refractivity contribution >= 4 is 41.6 Å². The molecule has 24 heavy (non-hydrogen) atoms. The highest BCUT2D eigenvalue weighted by Gasteiger charge is 2.23. The van der Waals surface area contributed by atoms with Gasteiger partial charge in [0.1, 0.15) is 5.69 Å². The summed E-state index contributed by atoms with van der Waals surface area (Å²) >= 11 is 17.4. The molecule has 1 aliphatic carbocycles. The number of aromatic nitrogens is 5. The van der Waals surface area contributed by atoms with E-state index in [4.69, 9.17) is 35.4 Å². The van der Waals surface area contributed by atoms with Gasteiger partial charge in [-0.2, -0.15) is 20.0 Å². The van der Waals surface area contributed by atoms with Crippen LogP contribution in [0.2, 0.25) is 10.0 Å². The van der Waals surface area contributed by atoms with Crippen molar-refractivity contribution in [1.82, 2.24) is 25.1 Å². The summed E-state index contributed by atoms with van der Waals surface area (Å²) in [6.07, 6.45) is 4.73. The summed E-state index contributed by atoms with van der Waals surface area (Å²) in [7, 11) is 0. The number of fused-ring (bicyclic) bond motifs is 1. The molecule has 4 rings (SSSR count). The second-order valence-corrected chi connectivity index (χ2v) is 6.69. The van der Waals surface area contributed by atoms with Crippen LogP contribution in [0.25, 0.3) is 11.5 Å². The quantitative estimate of drug-likeness (QED) is 0.533. The van der Waals surface area contributed by atoms with Crippen LogP contribution in [0.15, 0.2) is 23.3 Å². The summed E-state index contributed by atoms with van der Waals surface area (Å²) in [5.41, 5.74) is 3.87. The predicted octanol–water partition coefficient (Wildman–Crippen LogP) is 4.01. The number of nitrogens with one attached hydrogen (secondary N) is 2. The van der Waals surface area contributed by atoms with Crippen LogP contribution in [0.4, 0.5) is 0 Å². The molecule has 0 fully saturated rings. The molecule has 0 radical (unpaired) electrons. The molecule has 0 saturated carbocycles. The molecule has 2 heterocycles. The molecule has 0 spiro atoms. The fraction of sp³-hybridized carbons (Fsp3) is 0.200. The monoisotopic (exact) mass is 378 g/mol. The van der Waals surface area contributed by atoms with E-state index < -0.39 is 0 Å². The fourth-order valence-corrected chi connectivity index (χ4v) is 3.42. The van der Waals surface area contributed by atoms with Gasteiger partial charge in [-0.3, -0.25) is 5.10 Å². The highest BCUT2D eigenvalue weighted by molar-refractivity contribution is 7.71. The predicted molar refractivity (Wildman–Crippen MR) is 96.5 cm³/mol. The van der Waals surface area contributed by atoms with E-state index in [0.717, 1.165) is 36.2 Å². The summed E-state index contributed by atoms with van der Waals surface area (Å²) in [5.74, 6) is 0.584. The lowest BCUT2D eigenvalue weighted by Gasteiger charge is -2.01. The Morgan fingerprint density at radius 1 is 1.21 bits per heavy atom. The molecule has 1 aliphatic rings. The smallest absolute Gasteiger partial charge is 0.216 e. The first-order chi connectivity index (χ1) is 11.6. The maximum absolute atomic E-state index is 6.17. The lowest BCUT2D eigenvalue weighted by atomic mass is 10.2. The van der Waals surface area contributed by atoms with Crippen LogP contribution < -0.4 is 0 Å². The molecule has 6 nitrogen and oxygen atoms in total. The van der Waals surface area contributed by atoms with Gasteiger partial charge in [-0.1, -0.05) is 29.3 Å². The first-order valence-electron chi connectivity index (χ1n) is 7.37. The lowest BCUT2D eigenvalue weighted by Crippen LogP contribution is -1.97. The van der Waals surface area contributed by atoms with Gasteiger partial charge in [0.2, 0.25) is 10.6 Å². The molecule has 3 aromatic rings. The zero-order valence-electron chi connectivity index (χ0n) is 12.4. The molecular weight excluding hydrogens is 367 g/mol. The maximum Gasteiger partial charge on any atom is 0.216 e. The Morgan fingerprint density at radius 3 is 2.92 bits per heavy atom. The number of hydrogen-bond donors (Lipinski definition) is 2. The molecule has 0 amide bonds. The summed E-state index contributed by atoms with van der Waals surface area (Å²) in [5, 5.41) is 20.0. The number of aromatic amines is 2. The zero-order valence-corrected chi connectivity index (χ0v) is 14.7. The van der Waals surface area contributed by atoms with Crippen molar-refractivity contribution in [1.29, 1.82) is 0 Å². The molecule has 0 unspecified atom stereocenters. The molecule has 0 saturated heterocycles. The largest absolute Gasteiger partial charge is 0.282 e. The Morgan fingerprint density at radius 2 is 2.08 bits per heavy atom. The third kappa shape index (κ3) is 2.68. The number of aryl methyl sites for hydroxylation is 1. The van der Waals surface area contributed by atoms with E-state index in [9.17, 15) is 0 Å². The van der Waals surface area contributed by atoms with Crippen molar-refractivity contribution in [3.63, 3.8) is 0 Å². The number of benzene rings is 1. The van der Waals surface area contributed by atoms with Gasteiger partial charge in [0.15, 0.2) is 0 Å². The highest BCUT2D eigenvalue weighted by Crippen LogP contribution is 2.29. The van der Waals surface area contributed by atoms with Crippen LogP contribution in [0.3, 0.4) is 0 Å². The lowest BCUT2D eigenvalue weighted by molar-refractivity contribution is 0.844. The Kier molecular flexibility index (Phi) is 3.99. The van der Waals surface area contributed by atoms with Gasteiger partial charge in [0.25, 0.3) is 0 Å². The van der Waals surface area contributed by atoms with Crippen LogP contribution >= 0.6 is 35.4 Å². The van der Waals surface area contributed by atoms with E-state index in [1.807, 2.05) is 0 Å². The van der Waals surface area contributed by atoms with Gasteiger partial charge in [-0.25, -0.2) is 5.10 Å². The van der Waals surface area contributed by atoms with Crippen molar-refractivity contribution in [2.75, 3.05) is 0 Å². The topological polar surface area (TPSA) is 74.7 Å². The van der Waals surface area contributed by atoms with Gasteiger partial charge in [-0.15, -0.1) is 0 Å².